The number of furan rings is 1. The zero-order valence-corrected chi connectivity index (χ0v) is 13.2. The van der Waals surface area contributed by atoms with Crippen LogP contribution in [0.2, 0.25) is 0 Å². The summed E-state index contributed by atoms with van der Waals surface area (Å²) in [4.78, 5) is 11.9. The lowest BCUT2D eigenvalue weighted by molar-refractivity contribution is 0.0888. The molecule has 3 rings (SSSR count). The van der Waals surface area contributed by atoms with Crippen molar-refractivity contribution in [2.24, 2.45) is 0 Å². The molecule has 112 valence electrons. The van der Waals surface area contributed by atoms with Gasteiger partial charge in [-0.1, -0.05) is 42.5 Å². The van der Waals surface area contributed by atoms with Crippen LogP contribution in [-0.4, -0.2) is 17.6 Å². The third kappa shape index (κ3) is 3.05. The Balaban J connectivity index is 1.74. The fraction of sp³-hybridized carbons (Fsp3) is 0.118. The van der Waals surface area contributed by atoms with Crippen LogP contribution in [0, 0.1) is 0 Å². The van der Waals surface area contributed by atoms with E-state index in [0.29, 0.717) is 4.67 Å². The van der Waals surface area contributed by atoms with Gasteiger partial charge in [-0.3, -0.25) is 4.79 Å². The second-order valence-corrected chi connectivity index (χ2v) is 5.68. The Kier molecular flexibility index (Phi) is 4.27. The van der Waals surface area contributed by atoms with E-state index in [2.05, 4.69) is 21.2 Å². The molecular formula is C17H14BrNO3. The maximum Gasteiger partial charge on any atom is 0.287 e. The Hall–Kier alpha value is -2.11. The van der Waals surface area contributed by atoms with Crippen molar-refractivity contribution in [3.05, 3.63) is 70.6 Å². The Morgan fingerprint density at radius 2 is 1.91 bits per heavy atom. The second-order valence-electron chi connectivity index (χ2n) is 4.90. The molecule has 4 nitrogen and oxygen atoms in total. The van der Waals surface area contributed by atoms with Crippen LogP contribution in [-0.2, 0) is 0 Å². The Bertz CT molecular complexity index is 807. The fourth-order valence-corrected chi connectivity index (χ4v) is 2.67. The summed E-state index contributed by atoms with van der Waals surface area (Å²) >= 11 is 3.15. The van der Waals surface area contributed by atoms with E-state index in [1.54, 1.807) is 12.1 Å². The first-order valence-electron chi connectivity index (χ1n) is 6.84. The maximum absolute atomic E-state index is 11.9. The van der Waals surface area contributed by atoms with Crippen molar-refractivity contribution >= 4 is 32.6 Å². The molecule has 0 fully saturated rings. The molecule has 0 radical (unpaired) electrons. The third-order valence-electron chi connectivity index (χ3n) is 3.44. The standard InChI is InChI=1S/C17H14BrNO3/c18-16-9-8-15(22-16)17(21)19-10-14(20)13-7-3-5-11-4-1-2-6-12(11)13/h1-9,14,20H,10H2,(H,19,21)/t14-/m0/s1. The van der Waals surface area contributed by atoms with Crippen molar-refractivity contribution < 1.29 is 14.3 Å². The van der Waals surface area contributed by atoms with Crippen molar-refractivity contribution in [3.8, 4) is 0 Å². The number of nitrogens with one attached hydrogen (secondary N) is 1. The molecule has 1 heterocycles. The summed E-state index contributed by atoms with van der Waals surface area (Å²) in [5, 5.41) is 15.1. The van der Waals surface area contributed by atoms with Gasteiger partial charge < -0.3 is 14.8 Å². The van der Waals surface area contributed by atoms with Gasteiger partial charge in [-0.15, -0.1) is 0 Å². The van der Waals surface area contributed by atoms with Crippen LogP contribution in [0.1, 0.15) is 22.2 Å². The molecule has 1 amide bonds. The molecular weight excluding hydrogens is 346 g/mol. The summed E-state index contributed by atoms with van der Waals surface area (Å²) in [6.45, 7) is 0.116. The van der Waals surface area contributed by atoms with Crippen LogP contribution in [0.15, 0.2) is 63.7 Å². The summed E-state index contributed by atoms with van der Waals surface area (Å²) in [7, 11) is 0. The first-order chi connectivity index (χ1) is 10.6. The number of halogens is 1. The molecule has 0 spiro atoms. The Morgan fingerprint density at radius 3 is 2.68 bits per heavy atom. The Labute approximate surface area is 135 Å². The number of rotatable bonds is 4. The number of carbonyl (C=O) groups excluding carboxylic acids is 1. The maximum atomic E-state index is 11.9. The lowest BCUT2D eigenvalue weighted by Crippen LogP contribution is -2.28. The molecule has 0 aliphatic heterocycles. The highest BCUT2D eigenvalue weighted by molar-refractivity contribution is 9.10. The number of amides is 1. The molecule has 1 aromatic heterocycles. The minimum atomic E-state index is -0.784. The summed E-state index contributed by atoms with van der Waals surface area (Å²) in [6, 6.07) is 16.8. The van der Waals surface area contributed by atoms with Crippen molar-refractivity contribution in [1.29, 1.82) is 0 Å². The fourth-order valence-electron chi connectivity index (χ4n) is 2.36. The molecule has 3 aromatic rings. The predicted molar refractivity (Wildman–Crippen MR) is 87.6 cm³/mol. The van der Waals surface area contributed by atoms with Crippen LogP contribution < -0.4 is 5.32 Å². The van der Waals surface area contributed by atoms with Crippen LogP contribution in [0.5, 0.6) is 0 Å². The number of hydrogen-bond donors (Lipinski definition) is 2. The quantitative estimate of drug-likeness (QED) is 0.747. The number of carbonyl (C=O) groups is 1. The lowest BCUT2D eigenvalue weighted by Gasteiger charge is -2.14. The topological polar surface area (TPSA) is 62.5 Å². The van der Waals surface area contributed by atoms with Gasteiger partial charge in [0.25, 0.3) is 5.91 Å². The molecule has 0 aliphatic carbocycles. The molecule has 2 aromatic carbocycles. The first-order valence-corrected chi connectivity index (χ1v) is 7.64. The average molecular weight is 360 g/mol. The van der Waals surface area contributed by atoms with E-state index in [4.69, 9.17) is 4.42 Å². The third-order valence-corrected chi connectivity index (χ3v) is 3.86. The monoisotopic (exact) mass is 359 g/mol. The number of aliphatic hydroxyl groups excluding tert-OH is 1. The normalized spacial score (nSPS) is 12.3. The summed E-state index contributed by atoms with van der Waals surface area (Å²) < 4.78 is 5.67. The minimum absolute atomic E-state index is 0.116. The summed E-state index contributed by atoms with van der Waals surface area (Å²) in [6.07, 6.45) is -0.784. The van der Waals surface area contributed by atoms with Crippen LogP contribution >= 0.6 is 15.9 Å². The van der Waals surface area contributed by atoms with E-state index in [1.807, 2.05) is 42.5 Å². The predicted octanol–water partition coefficient (Wildman–Crippen LogP) is 3.66. The van der Waals surface area contributed by atoms with E-state index in [-0.39, 0.29) is 18.2 Å². The highest BCUT2D eigenvalue weighted by Crippen LogP contribution is 2.24. The SMILES string of the molecule is O=C(NC[C@H](O)c1cccc2ccccc12)c1ccc(Br)o1. The van der Waals surface area contributed by atoms with Crippen LogP contribution in [0.25, 0.3) is 10.8 Å². The second kappa shape index (κ2) is 6.34. The van der Waals surface area contributed by atoms with Gasteiger partial charge in [0.05, 0.1) is 6.10 Å². The van der Waals surface area contributed by atoms with Gasteiger partial charge in [0.2, 0.25) is 0 Å². The first kappa shape index (κ1) is 14.8. The molecule has 0 unspecified atom stereocenters. The molecule has 5 heteroatoms. The summed E-state index contributed by atoms with van der Waals surface area (Å²) in [5.41, 5.74) is 0.791. The van der Waals surface area contributed by atoms with Gasteiger partial charge in [0.15, 0.2) is 10.4 Å². The van der Waals surface area contributed by atoms with Crippen molar-refractivity contribution in [3.63, 3.8) is 0 Å². The minimum Gasteiger partial charge on any atom is -0.444 e. The van der Waals surface area contributed by atoms with Crippen molar-refractivity contribution in [2.45, 2.75) is 6.10 Å². The summed E-state index contributed by atoms with van der Waals surface area (Å²) in [5.74, 6) is -0.151. The zero-order valence-electron chi connectivity index (χ0n) is 11.6. The van der Waals surface area contributed by atoms with E-state index in [1.165, 1.54) is 0 Å². The average Bonchev–Trinajstić information content (AvgIpc) is 2.98. The van der Waals surface area contributed by atoms with Gasteiger partial charge in [0, 0.05) is 6.54 Å². The van der Waals surface area contributed by atoms with Gasteiger partial charge in [-0.05, 0) is 44.4 Å². The van der Waals surface area contributed by atoms with Crippen molar-refractivity contribution in [2.75, 3.05) is 6.54 Å². The van der Waals surface area contributed by atoms with Crippen LogP contribution in [0.3, 0.4) is 0 Å². The van der Waals surface area contributed by atoms with Crippen LogP contribution in [0.4, 0.5) is 0 Å². The number of fused-ring (bicyclic) bond motifs is 1. The van der Waals surface area contributed by atoms with E-state index in [9.17, 15) is 9.90 Å². The number of benzene rings is 2. The largest absolute Gasteiger partial charge is 0.444 e. The molecule has 2 N–H and O–H groups in total. The molecule has 0 bridgehead atoms. The molecule has 0 saturated heterocycles. The molecule has 0 aliphatic rings. The zero-order chi connectivity index (χ0) is 15.5. The van der Waals surface area contributed by atoms with Gasteiger partial charge >= 0.3 is 0 Å². The van der Waals surface area contributed by atoms with Gasteiger partial charge in [0.1, 0.15) is 0 Å². The van der Waals surface area contributed by atoms with Gasteiger partial charge in [-0.2, -0.15) is 0 Å². The van der Waals surface area contributed by atoms with Gasteiger partial charge in [-0.25, -0.2) is 0 Å². The highest BCUT2D eigenvalue weighted by atomic mass is 79.9. The lowest BCUT2D eigenvalue weighted by atomic mass is 10.0. The number of aliphatic hydroxyl groups is 1. The van der Waals surface area contributed by atoms with Crippen molar-refractivity contribution in [1.82, 2.24) is 5.32 Å². The molecule has 1 atom stereocenters. The molecule has 0 saturated carbocycles. The highest BCUT2D eigenvalue weighted by Gasteiger charge is 2.15. The molecule has 22 heavy (non-hydrogen) atoms. The smallest absolute Gasteiger partial charge is 0.287 e. The van der Waals surface area contributed by atoms with E-state index >= 15 is 0 Å². The van der Waals surface area contributed by atoms with E-state index in [0.717, 1.165) is 16.3 Å². The van der Waals surface area contributed by atoms with E-state index < -0.39 is 6.10 Å². The number of hydrogen-bond acceptors (Lipinski definition) is 3. The Morgan fingerprint density at radius 1 is 1.14 bits per heavy atom.